The lowest BCUT2D eigenvalue weighted by Crippen LogP contribution is -2.44. The van der Waals surface area contributed by atoms with Crippen molar-refractivity contribution < 1.29 is 9.59 Å². The summed E-state index contributed by atoms with van der Waals surface area (Å²) in [6.07, 6.45) is 0. The lowest BCUT2D eigenvalue weighted by molar-refractivity contribution is -0.127. The largest absolute Gasteiger partial charge is 0.346 e. The van der Waals surface area contributed by atoms with E-state index in [0.29, 0.717) is 0 Å². The van der Waals surface area contributed by atoms with Crippen LogP contribution in [0.2, 0.25) is 0 Å². The molecule has 1 atom stereocenters. The Hall–Kier alpha value is -1.55. The second-order valence-corrected chi connectivity index (χ2v) is 3.29. The summed E-state index contributed by atoms with van der Waals surface area (Å²) in [7, 11) is 0. The number of Topliss-reactive ketones (excluding diaryl/α,β-unsaturated/α-hetero) is 1. The average molecular weight is 198 g/mol. The van der Waals surface area contributed by atoms with Gasteiger partial charge < -0.3 is 5.32 Å². The summed E-state index contributed by atoms with van der Waals surface area (Å²) in [6.45, 7) is 4.81. The predicted molar refractivity (Wildman–Crippen MR) is 51.5 cm³/mol. The summed E-state index contributed by atoms with van der Waals surface area (Å²) in [5.74, 6) is -0.506. The van der Waals surface area contributed by atoms with E-state index in [0.717, 1.165) is 0 Å². The van der Waals surface area contributed by atoms with E-state index in [4.69, 9.17) is 5.53 Å². The standard InChI is InChI=1S/C8H14N4O2/c1-5(2)8(6(3)13)11-7(14)4-10-12-9/h5,8H,4H2,1-3H3,(H,11,14). The quantitative estimate of drug-likeness (QED) is 0.405. The van der Waals surface area contributed by atoms with Crippen LogP contribution in [0.15, 0.2) is 5.11 Å². The maximum Gasteiger partial charge on any atom is 0.226 e. The van der Waals surface area contributed by atoms with Crippen molar-refractivity contribution in [2.75, 3.05) is 6.54 Å². The number of hydrogen-bond donors (Lipinski definition) is 1. The zero-order valence-electron chi connectivity index (χ0n) is 8.52. The molecule has 1 amide bonds. The summed E-state index contributed by atoms with van der Waals surface area (Å²) in [6, 6.07) is -0.503. The molecule has 0 aliphatic heterocycles. The van der Waals surface area contributed by atoms with Crippen LogP contribution in [-0.2, 0) is 9.59 Å². The van der Waals surface area contributed by atoms with E-state index in [1.807, 2.05) is 13.8 Å². The van der Waals surface area contributed by atoms with Crippen molar-refractivity contribution in [3.63, 3.8) is 0 Å². The summed E-state index contributed by atoms with van der Waals surface area (Å²) in [4.78, 5) is 24.6. The molecule has 0 spiro atoms. The van der Waals surface area contributed by atoms with Crippen LogP contribution in [0.4, 0.5) is 0 Å². The van der Waals surface area contributed by atoms with Crippen molar-refractivity contribution in [2.45, 2.75) is 26.8 Å². The molecule has 0 bridgehead atoms. The smallest absolute Gasteiger partial charge is 0.226 e. The maximum absolute atomic E-state index is 11.1. The number of rotatable bonds is 5. The van der Waals surface area contributed by atoms with Crippen LogP contribution < -0.4 is 5.32 Å². The number of ketones is 1. The second kappa shape index (κ2) is 5.99. The highest BCUT2D eigenvalue weighted by Crippen LogP contribution is 2.02. The molecule has 0 aromatic heterocycles. The van der Waals surface area contributed by atoms with Crippen molar-refractivity contribution in [1.82, 2.24) is 5.32 Å². The van der Waals surface area contributed by atoms with E-state index in [1.165, 1.54) is 6.92 Å². The number of carbonyl (C=O) groups is 2. The van der Waals surface area contributed by atoms with Crippen LogP contribution in [0.25, 0.3) is 10.4 Å². The summed E-state index contributed by atoms with van der Waals surface area (Å²) < 4.78 is 0. The minimum Gasteiger partial charge on any atom is -0.346 e. The second-order valence-electron chi connectivity index (χ2n) is 3.29. The lowest BCUT2D eigenvalue weighted by Gasteiger charge is -2.18. The van der Waals surface area contributed by atoms with Gasteiger partial charge in [-0.25, -0.2) is 0 Å². The van der Waals surface area contributed by atoms with Crippen LogP contribution in [0.1, 0.15) is 20.8 Å². The molecule has 1 unspecified atom stereocenters. The molecule has 0 fully saturated rings. The normalized spacial score (nSPS) is 11.7. The fraction of sp³-hybridized carbons (Fsp3) is 0.750. The summed E-state index contributed by atoms with van der Waals surface area (Å²) in [5, 5.41) is 5.60. The molecular formula is C8H14N4O2. The zero-order valence-corrected chi connectivity index (χ0v) is 8.52. The van der Waals surface area contributed by atoms with Crippen LogP contribution in [0.5, 0.6) is 0 Å². The summed E-state index contributed by atoms with van der Waals surface area (Å²) in [5.41, 5.74) is 7.98. The minimum atomic E-state index is -0.503. The van der Waals surface area contributed by atoms with Gasteiger partial charge in [0.2, 0.25) is 5.91 Å². The number of carbonyl (C=O) groups excluding carboxylic acids is 2. The van der Waals surface area contributed by atoms with E-state index in [1.54, 1.807) is 0 Å². The molecule has 0 saturated carbocycles. The zero-order chi connectivity index (χ0) is 11.1. The molecule has 0 radical (unpaired) electrons. The van der Waals surface area contributed by atoms with Gasteiger partial charge in [0.25, 0.3) is 0 Å². The van der Waals surface area contributed by atoms with E-state index in [9.17, 15) is 9.59 Å². The molecule has 1 N–H and O–H groups in total. The predicted octanol–water partition coefficient (Wildman–Crippen LogP) is 1.03. The highest BCUT2D eigenvalue weighted by Gasteiger charge is 2.19. The first-order valence-electron chi connectivity index (χ1n) is 4.29. The fourth-order valence-corrected chi connectivity index (χ4v) is 1.05. The average Bonchev–Trinajstić information content (AvgIpc) is 2.09. The third-order valence-corrected chi connectivity index (χ3v) is 1.70. The Bertz CT molecular complexity index is 269. The van der Waals surface area contributed by atoms with E-state index in [-0.39, 0.29) is 18.2 Å². The molecule has 14 heavy (non-hydrogen) atoms. The Balaban J connectivity index is 4.23. The third-order valence-electron chi connectivity index (χ3n) is 1.70. The van der Waals surface area contributed by atoms with Gasteiger partial charge in [-0.3, -0.25) is 9.59 Å². The first-order chi connectivity index (χ1) is 6.49. The Labute approximate surface area is 82.3 Å². The molecule has 0 rings (SSSR count). The molecule has 6 heteroatoms. The number of nitrogens with zero attached hydrogens (tertiary/aromatic N) is 3. The van der Waals surface area contributed by atoms with Gasteiger partial charge in [-0.2, -0.15) is 0 Å². The Morgan fingerprint density at radius 1 is 1.50 bits per heavy atom. The molecule has 0 heterocycles. The Kier molecular flexibility index (Phi) is 5.33. The number of nitrogens with one attached hydrogen (secondary N) is 1. The SMILES string of the molecule is CC(=O)C(NC(=O)CN=[N+]=[N-])C(C)C. The number of azide groups is 1. The molecule has 0 aromatic rings. The monoisotopic (exact) mass is 198 g/mol. The third kappa shape index (κ3) is 4.47. The lowest BCUT2D eigenvalue weighted by atomic mass is 10.0. The van der Waals surface area contributed by atoms with Gasteiger partial charge in [-0.05, 0) is 18.4 Å². The van der Waals surface area contributed by atoms with E-state index < -0.39 is 11.9 Å². The molecule has 0 saturated heterocycles. The van der Waals surface area contributed by atoms with Gasteiger partial charge in [0.1, 0.15) is 6.54 Å². The van der Waals surface area contributed by atoms with Crippen LogP contribution >= 0.6 is 0 Å². The van der Waals surface area contributed by atoms with Gasteiger partial charge in [-0.1, -0.05) is 19.0 Å². The van der Waals surface area contributed by atoms with Crippen molar-refractivity contribution in [2.24, 2.45) is 11.0 Å². The first kappa shape index (κ1) is 12.4. The molecule has 0 aliphatic rings. The molecular weight excluding hydrogens is 184 g/mol. The van der Waals surface area contributed by atoms with Gasteiger partial charge >= 0.3 is 0 Å². The highest BCUT2D eigenvalue weighted by molar-refractivity contribution is 5.88. The van der Waals surface area contributed by atoms with E-state index >= 15 is 0 Å². The van der Waals surface area contributed by atoms with Crippen molar-refractivity contribution >= 4 is 11.7 Å². The maximum atomic E-state index is 11.1. The van der Waals surface area contributed by atoms with Crippen LogP contribution in [0.3, 0.4) is 0 Å². The van der Waals surface area contributed by atoms with Gasteiger partial charge in [0, 0.05) is 4.91 Å². The van der Waals surface area contributed by atoms with Crippen molar-refractivity contribution in [1.29, 1.82) is 0 Å². The number of amides is 1. The Morgan fingerprint density at radius 3 is 2.43 bits per heavy atom. The molecule has 0 aliphatic carbocycles. The van der Waals surface area contributed by atoms with Crippen molar-refractivity contribution in [3.05, 3.63) is 10.4 Å². The van der Waals surface area contributed by atoms with Gasteiger partial charge in [-0.15, -0.1) is 0 Å². The Morgan fingerprint density at radius 2 is 2.07 bits per heavy atom. The molecule has 0 aromatic carbocycles. The molecule has 78 valence electrons. The first-order valence-corrected chi connectivity index (χ1v) is 4.29. The summed E-state index contributed by atoms with van der Waals surface area (Å²) >= 11 is 0. The van der Waals surface area contributed by atoms with Crippen LogP contribution in [-0.4, -0.2) is 24.3 Å². The fourth-order valence-electron chi connectivity index (χ4n) is 1.05. The highest BCUT2D eigenvalue weighted by atomic mass is 16.2. The van der Waals surface area contributed by atoms with Crippen molar-refractivity contribution in [3.8, 4) is 0 Å². The molecule has 6 nitrogen and oxygen atoms in total. The topological polar surface area (TPSA) is 94.9 Å². The van der Waals surface area contributed by atoms with Crippen LogP contribution in [0, 0.1) is 5.92 Å². The minimum absolute atomic E-state index is 0.0301. The number of hydrogen-bond acceptors (Lipinski definition) is 3. The van der Waals surface area contributed by atoms with E-state index in [2.05, 4.69) is 15.3 Å². The van der Waals surface area contributed by atoms with Gasteiger partial charge in [0.15, 0.2) is 5.78 Å². The van der Waals surface area contributed by atoms with Gasteiger partial charge in [0.05, 0.1) is 6.04 Å².